The van der Waals surface area contributed by atoms with Crippen molar-refractivity contribution in [2.75, 3.05) is 6.61 Å². The van der Waals surface area contributed by atoms with Crippen LogP contribution in [0, 0.1) is 17.8 Å². The third-order valence-corrected chi connectivity index (χ3v) is 13.4. The largest absolute Gasteiger partial charge is 0.481 e. The minimum absolute atomic E-state index is 0.00690. The molecule has 3 rings (SSSR count). The first kappa shape index (κ1) is 36.6. The first-order chi connectivity index (χ1) is 21.7. The summed E-state index contributed by atoms with van der Waals surface area (Å²) in [4.78, 5) is 52.1. The number of nitrogens with one attached hydrogen (secondary N) is 1. The van der Waals surface area contributed by atoms with Crippen LogP contribution < -0.4 is 15.7 Å². The van der Waals surface area contributed by atoms with Gasteiger partial charge in [-0.05, 0) is 46.7 Å². The number of Topliss-reactive ketones (excluding diaryl/α,β-unsaturated/α-hetero) is 2. The van der Waals surface area contributed by atoms with Crippen molar-refractivity contribution in [1.82, 2.24) is 5.32 Å². The molecule has 0 bridgehead atoms. The van der Waals surface area contributed by atoms with E-state index in [9.17, 15) is 24.3 Å². The van der Waals surface area contributed by atoms with Crippen molar-refractivity contribution in [3.05, 3.63) is 96.6 Å². The molecular weight excluding hydrogens is 595 g/mol. The second-order valence-corrected chi connectivity index (χ2v) is 18.0. The van der Waals surface area contributed by atoms with Crippen LogP contribution in [-0.4, -0.2) is 49.5 Å². The minimum atomic E-state index is -2.99. The quantitative estimate of drug-likeness (QED) is 0.186. The fourth-order valence-corrected chi connectivity index (χ4v) is 10.7. The molecule has 3 aromatic rings. The Bertz CT molecular complexity index is 1400. The minimum Gasteiger partial charge on any atom is -0.481 e. The lowest BCUT2D eigenvalue weighted by atomic mass is 9.89. The van der Waals surface area contributed by atoms with Gasteiger partial charge in [0.2, 0.25) is 5.91 Å². The SMILES string of the molecule is CC(=O)C[C@@H](CO[Si](c1ccccc1)(c1ccccc1)C(C)(C)C)C(=O)N[C@@H](CC(C)C)C(=O)C[C@@H](Cc1ccccc1)C(=O)O. The van der Waals surface area contributed by atoms with E-state index in [1.165, 1.54) is 6.92 Å². The van der Waals surface area contributed by atoms with E-state index in [1.807, 2.05) is 80.6 Å². The lowest BCUT2D eigenvalue weighted by Crippen LogP contribution is -2.67. The molecule has 0 aliphatic heterocycles. The van der Waals surface area contributed by atoms with Crippen LogP contribution >= 0.6 is 0 Å². The molecule has 0 spiro atoms. The number of aliphatic carboxylic acids is 1. The van der Waals surface area contributed by atoms with Crippen LogP contribution in [0.3, 0.4) is 0 Å². The average molecular weight is 644 g/mol. The zero-order chi connectivity index (χ0) is 33.9. The van der Waals surface area contributed by atoms with E-state index in [1.54, 1.807) is 0 Å². The number of ketones is 2. The third kappa shape index (κ3) is 9.81. The summed E-state index contributed by atoms with van der Waals surface area (Å²) < 4.78 is 7.00. The zero-order valence-electron chi connectivity index (χ0n) is 28.0. The molecule has 2 N–H and O–H groups in total. The Hall–Kier alpha value is -3.88. The van der Waals surface area contributed by atoms with E-state index in [0.717, 1.165) is 15.9 Å². The molecule has 0 unspecified atom stereocenters. The first-order valence-corrected chi connectivity index (χ1v) is 18.0. The van der Waals surface area contributed by atoms with Gasteiger partial charge in [0.15, 0.2) is 5.78 Å². The van der Waals surface area contributed by atoms with E-state index in [-0.39, 0.29) is 48.4 Å². The normalized spacial score (nSPS) is 13.9. The van der Waals surface area contributed by atoms with E-state index in [4.69, 9.17) is 4.43 Å². The van der Waals surface area contributed by atoms with Crippen molar-refractivity contribution in [2.45, 2.75) is 78.3 Å². The van der Waals surface area contributed by atoms with Crippen LogP contribution in [0.5, 0.6) is 0 Å². The highest BCUT2D eigenvalue weighted by Gasteiger charge is 2.50. The molecule has 0 fully saturated rings. The highest BCUT2D eigenvalue weighted by atomic mass is 28.4. The number of carbonyl (C=O) groups is 4. The molecule has 0 aromatic heterocycles. The molecule has 46 heavy (non-hydrogen) atoms. The Kier molecular flexibility index (Phi) is 13.2. The van der Waals surface area contributed by atoms with Gasteiger partial charge >= 0.3 is 5.97 Å². The fraction of sp³-hybridized carbons (Fsp3) is 0.421. The summed E-state index contributed by atoms with van der Waals surface area (Å²) in [6, 6.07) is 28.4. The Morgan fingerprint density at radius 1 is 0.783 bits per heavy atom. The van der Waals surface area contributed by atoms with Crippen LogP contribution in [0.15, 0.2) is 91.0 Å². The van der Waals surface area contributed by atoms with E-state index in [2.05, 4.69) is 50.4 Å². The number of hydrogen-bond donors (Lipinski definition) is 2. The highest BCUT2D eigenvalue weighted by molar-refractivity contribution is 6.99. The molecule has 0 saturated heterocycles. The molecule has 8 heteroatoms. The van der Waals surface area contributed by atoms with E-state index >= 15 is 0 Å². The van der Waals surface area contributed by atoms with Gasteiger partial charge in [0.1, 0.15) is 5.78 Å². The van der Waals surface area contributed by atoms with Gasteiger partial charge in [0.25, 0.3) is 8.32 Å². The molecule has 0 aliphatic carbocycles. The van der Waals surface area contributed by atoms with E-state index < -0.39 is 38.1 Å². The number of carboxylic acid groups (broad SMARTS) is 1. The molecule has 0 heterocycles. The van der Waals surface area contributed by atoms with Crippen molar-refractivity contribution in [3.63, 3.8) is 0 Å². The summed E-state index contributed by atoms with van der Waals surface area (Å²) in [5.41, 5.74) is 0.828. The Labute approximate surface area is 274 Å². The number of hydrogen-bond acceptors (Lipinski definition) is 5. The fourth-order valence-electron chi connectivity index (χ4n) is 6.12. The number of benzene rings is 3. The van der Waals surface area contributed by atoms with Crippen molar-refractivity contribution in [2.24, 2.45) is 17.8 Å². The van der Waals surface area contributed by atoms with Gasteiger partial charge in [-0.1, -0.05) is 126 Å². The smallest absolute Gasteiger partial charge is 0.307 e. The summed E-state index contributed by atoms with van der Waals surface area (Å²) in [6.07, 6.45) is 0.310. The zero-order valence-corrected chi connectivity index (χ0v) is 29.0. The number of carboxylic acids is 1. The van der Waals surface area contributed by atoms with Crippen LogP contribution in [0.25, 0.3) is 0 Å². The molecule has 0 saturated carbocycles. The van der Waals surface area contributed by atoms with Crippen LogP contribution in [0.2, 0.25) is 5.04 Å². The Balaban J connectivity index is 1.90. The monoisotopic (exact) mass is 643 g/mol. The summed E-state index contributed by atoms with van der Waals surface area (Å²) in [5, 5.41) is 14.6. The summed E-state index contributed by atoms with van der Waals surface area (Å²) in [6.45, 7) is 11.8. The standard InChI is InChI=1S/C38H49NO6Si/c1-27(2)22-34(35(41)25-30(37(43)44)24-29-16-10-7-11-17-29)39-36(42)31(23-28(3)40)26-45-46(38(4,5)6,32-18-12-8-13-19-32)33-20-14-9-15-21-33/h7-21,27,30-31,34H,22-26H2,1-6H3,(H,39,42)(H,43,44)/t30-,31+,34+/m1/s1. The van der Waals surface area contributed by atoms with Gasteiger partial charge in [-0.3, -0.25) is 14.4 Å². The molecule has 3 atom stereocenters. The highest BCUT2D eigenvalue weighted by Crippen LogP contribution is 2.37. The maximum Gasteiger partial charge on any atom is 0.307 e. The summed E-state index contributed by atoms with van der Waals surface area (Å²) in [5.74, 6) is -3.69. The molecule has 246 valence electrons. The molecule has 7 nitrogen and oxygen atoms in total. The van der Waals surface area contributed by atoms with E-state index in [0.29, 0.717) is 6.42 Å². The molecule has 1 amide bonds. The maximum absolute atomic E-state index is 13.9. The van der Waals surface area contributed by atoms with Crippen molar-refractivity contribution >= 4 is 42.1 Å². The average Bonchev–Trinajstić information content (AvgIpc) is 3.00. The van der Waals surface area contributed by atoms with Crippen LogP contribution in [0.1, 0.15) is 66.4 Å². The summed E-state index contributed by atoms with van der Waals surface area (Å²) in [7, 11) is -2.99. The van der Waals surface area contributed by atoms with Crippen molar-refractivity contribution < 1.29 is 28.7 Å². The van der Waals surface area contributed by atoms with Crippen LogP contribution in [0.4, 0.5) is 0 Å². The first-order valence-electron chi connectivity index (χ1n) is 16.1. The Morgan fingerprint density at radius 3 is 1.72 bits per heavy atom. The van der Waals surface area contributed by atoms with Gasteiger partial charge < -0.3 is 19.6 Å². The second kappa shape index (κ2) is 16.6. The molecular formula is C38H49NO6Si. The van der Waals surface area contributed by atoms with Gasteiger partial charge in [0.05, 0.1) is 17.9 Å². The molecule has 0 radical (unpaired) electrons. The Morgan fingerprint density at radius 2 is 1.28 bits per heavy atom. The lowest BCUT2D eigenvalue weighted by molar-refractivity contribution is -0.144. The number of amides is 1. The maximum atomic E-state index is 13.9. The predicted molar refractivity (Wildman–Crippen MR) is 185 cm³/mol. The molecule has 3 aromatic carbocycles. The topological polar surface area (TPSA) is 110 Å². The third-order valence-electron chi connectivity index (χ3n) is 8.36. The van der Waals surface area contributed by atoms with Crippen LogP contribution in [-0.2, 0) is 30.0 Å². The van der Waals surface area contributed by atoms with Gasteiger partial charge in [-0.2, -0.15) is 0 Å². The number of carbonyl (C=O) groups excluding carboxylic acids is 3. The van der Waals surface area contributed by atoms with Gasteiger partial charge in [-0.25, -0.2) is 0 Å². The predicted octanol–water partition coefficient (Wildman–Crippen LogP) is 5.59. The van der Waals surface area contributed by atoms with Gasteiger partial charge in [0, 0.05) is 19.4 Å². The molecule has 0 aliphatic rings. The van der Waals surface area contributed by atoms with Crippen molar-refractivity contribution in [3.8, 4) is 0 Å². The van der Waals surface area contributed by atoms with Crippen molar-refractivity contribution in [1.29, 1.82) is 0 Å². The second-order valence-electron chi connectivity index (χ2n) is 13.7. The number of rotatable bonds is 17. The van der Waals surface area contributed by atoms with Gasteiger partial charge in [-0.15, -0.1) is 0 Å². The lowest BCUT2D eigenvalue weighted by Gasteiger charge is -2.43. The summed E-state index contributed by atoms with van der Waals surface area (Å²) >= 11 is 0.